The molecule has 2 N–H and O–H groups in total. The highest BCUT2D eigenvalue weighted by Gasteiger charge is 2.40. The number of amides is 1. The van der Waals surface area contributed by atoms with Gasteiger partial charge in [0.2, 0.25) is 5.95 Å². The molecule has 0 saturated carbocycles. The van der Waals surface area contributed by atoms with Gasteiger partial charge in [-0.2, -0.15) is 4.39 Å². The number of hydrogen-bond donors (Lipinski definition) is 2. The van der Waals surface area contributed by atoms with Crippen LogP contribution in [-0.2, 0) is 15.9 Å². The molecule has 1 amide bonds. The number of methoxy groups -OCH3 is 1. The van der Waals surface area contributed by atoms with Crippen molar-refractivity contribution in [2.75, 3.05) is 20.3 Å². The zero-order chi connectivity index (χ0) is 32.2. The number of ether oxygens (including phenoxy) is 2. The van der Waals surface area contributed by atoms with Crippen LogP contribution in [0.25, 0.3) is 22.2 Å². The molecule has 1 unspecified atom stereocenters. The number of hydrogen-bond acceptors (Lipinski definition) is 6. The summed E-state index contributed by atoms with van der Waals surface area (Å²) in [6, 6.07) is 11.4. The lowest BCUT2D eigenvalue weighted by atomic mass is 9.86. The van der Waals surface area contributed by atoms with Crippen LogP contribution in [0.5, 0.6) is 5.75 Å². The van der Waals surface area contributed by atoms with Crippen LogP contribution in [0.4, 0.5) is 13.2 Å². The quantitative estimate of drug-likeness (QED) is 0.217. The van der Waals surface area contributed by atoms with Gasteiger partial charge in [-0.3, -0.25) is 4.79 Å². The van der Waals surface area contributed by atoms with Crippen molar-refractivity contribution in [2.24, 2.45) is 0 Å². The first kappa shape index (κ1) is 32.9. The van der Waals surface area contributed by atoms with Gasteiger partial charge in [0, 0.05) is 34.2 Å². The maximum atomic E-state index is 15.7. The fraction of sp³-hybridized carbons (Fsp3) is 0.382. The van der Waals surface area contributed by atoms with Gasteiger partial charge in [-0.15, -0.1) is 0 Å². The van der Waals surface area contributed by atoms with Crippen LogP contribution in [0.15, 0.2) is 48.5 Å². The number of carbonyl (C=O) groups excluding carboxylic acids is 1. The number of nitrogens with one attached hydrogen (secondary N) is 1. The second-order valence-electron chi connectivity index (χ2n) is 11.1. The highest BCUT2D eigenvalue weighted by atomic mass is 19.1. The number of carbonyl (C=O) groups is 1. The maximum Gasteiger partial charge on any atom is 0.251 e. The number of pyridine rings is 2. The summed E-state index contributed by atoms with van der Waals surface area (Å²) in [5.74, 6) is -2.01. The predicted molar refractivity (Wildman–Crippen MR) is 163 cm³/mol. The number of aromatic nitrogens is 2. The summed E-state index contributed by atoms with van der Waals surface area (Å²) < 4.78 is 55.2. The van der Waals surface area contributed by atoms with Crippen LogP contribution in [0, 0.1) is 24.5 Å². The molecule has 7 nitrogen and oxygen atoms in total. The Morgan fingerprint density at radius 3 is 2.39 bits per heavy atom. The lowest BCUT2D eigenvalue weighted by Crippen LogP contribution is -2.45. The third kappa shape index (κ3) is 6.71. The Morgan fingerprint density at radius 2 is 1.77 bits per heavy atom. The third-order valence-corrected chi connectivity index (χ3v) is 7.58. The topological polar surface area (TPSA) is 93.6 Å². The van der Waals surface area contributed by atoms with Gasteiger partial charge in [-0.05, 0) is 88.6 Å². The molecule has 1 atom stereocenters. The number of nitrogens with zero attached hydrogens (tertiary/aromatic N) is 2. The Kier molecular flexibility index (Phi) is 9.95. The lowest BCUT2D eigenvalue weighted by molar-refractivity contribution is -0.0838. The van der Waals surface area contributed by atoms with E-state index in [1.165, 1.54) is 57.4 Å². The fourth-order valence-electron chi connectivity index (χ4n) is 5.24. The molecule has 0 radical (unpaired) electrons. The zero-order valence-electron chi connectivity index (χ0n) is 25.9. The molecule has 5 rings (SSSR count). The predicted octanol–water partition coefficient (Wildman–Crippen LogP) is 7.11. The molecule has 0 aliphatic carbocycles. The van der Waals surface area contributed by atoms with Gasteiger partial charge in [0.05, 0.1) is 24.9 Å². The summed E-state index contributed by atoms with van der Waals surface area (Å²) in [5, 5.41) is 14.3. The van der Waals surface area contributed by atoms with Crippen LogP contribution in [-0.4, -0.2) is 41.2 Å². The average molecular weight is 610 g/mol. The van der Waals surface area contributed by atoms with Crippen molar-refractivity contribution >= 4 is 16.8 Å². The molecule has 4 aromatic rings. The minimum absolute atomic E-state index is 0.000328. The van der Waals surface area contributed by atoms with Gasteiger partial charge in [0.15, 0.2) is 5.82 Å². The standard InChI is InChI=1S/C32H32F3N3O4.C2H6/c1-18-13-20-14-21(15-24(41-4)27(20)38-29(18)35)30(39)36-17-32(11-5-6-12-42-32)25-16-23(31(2,3)40)26(34)28(37-25)19-7-9-22(33)10-8-19;1-2/h7-10,13-16,40H,5-6,11-12,17H2,1-4H3,(H,36,39);1-2H3. The minimum Gasteiger partial charge on any atom is -0.494 e. The Labute approximate surface area is 255 Å². The summed E-state index contributed by atoms with van der Waals surface area (Å²) >= 11 is 0. The summed E-state index contributed by atoms with van der Waals surface area (Å²) in [5.41, 5.74) is -1.17. The zero-order valence-corrected chi connectivity index (χ0v) is 25.9. The molecule has 1 aliphatic rings. The van der Waals surface area contributed by atoms with E-state index in [1.54, 1.807) is 19.1 Å². The lowest BCUT2D eigenvalue weighted by Gasteiger charge is -2.38. The smallest absolute Gasteiger partial charge is 0.251 e. The Balaban J connectivity index is 0.00000216. The van der Waals surface area contributed by atoms with Gasteiger partial charge < -0.3 is 19.9 Å². The SMILES string of the molecule is CC.COc1cc(C(=O)NCC2(c3cc(C(C)(C)O)c(F)c(-c4ccc(F)cc4)n3)CCCCO2)cc2cc(C)c(F)nc12. The Morgan fingerprint density at radius 1 is 1.07 bits per heavy atom. The average Bonchev–Trinajstić information content (AvgIpc) is 3.01. The number of aliphatic hydroxyl groups is 1. The van der Waals surface area contributed by atoms with Crippen molar-refractivity contribution in [3.63, 3.8) is 0 Å². The fourth-order valence-corrected chi connectivity index (χ4v) is 5.24. The van der Waals surface area contributed by atoms with E-state index < -0.39 is 34.7 Å². The molecule has 1 aliphatic heterocycles. The summed E-state index contributed by atoms with van der Waals surface area (Å²) in [4.78, 5) is 22.0. The molecule has 10 heteroatoms. The van der Waals surface area contributed by atoms with Crippen molar-refractivity contribution in [3.05, 3.63) is 88.5 Å². The van der Waals surface area contributed by atoms with Gasteiger partial charge in [0.25, 0.3) is 5.91 Å². The van der Waals surface area contributed by atoms with Gasteiger partial charge in [-0.1, -0.05) is 13.8 Å². The second kappa shape index (κ2) is 13.3. The molecule has 0 spiro atoms. The van der Waals surface area contributed by atoms with E-state index in [4.69, 9.17) is 9.47 Å². The molecule has 1 fully saturated rings. The van der Waals surface area contributed by atoms with Gasteiger partial charge >= 0.3 is 0 Å². The Bertz CT molecular complexity index is 1650. The van der Waals surface area contributed by atoms with Crippen molar-refractivity contribution in [1.82, 2.24) is 15.3 Å². The van der Waals surface area contributed by atoms with Crippen LogP contribution in [0.2, 0.25) is 0 Å². The van der Waals surface area contributed by atoms with Gasteiger partial charge in [-0.25, -0.2) is 18.7 Å². The van der Waals surface area contributed by atoms with E-state index in [2.05, 4.69) is 15.3 Å². The van der Waals surface area contributed by atoms with Crippen molar-refractivity contribution < 1.29 is 32.5 Å². The summed E-state index contributed by atoms with van der Waals surface area (Å²) in [6.07, 6.45) is 2.04. The third-order valence-electron chi connectivity index (χ3n) is 7.58. The van der Waals surface area contributed by atoms with Crippen LogP contribution >= 0.6 is 0 Å². The van der Waals surface area contributed by atoms with Crippen LogP contribution in [0.1, 0.15) is 74.1 Å². The molecule has 3 heterocycles. The molecule has 2 aromatic carbocycles. The first-order valence-electron chi connectivity index (χ1n) is 14.7. The molecule has 2 aromatic heterocycles. The van der Waals surface area contributed by atoms with Gasteiger partial charge in [0.1, 0.15) is 28.4 Å². The van der Waals surface area contributed by atoms with E-state index in [-0.39, 0.29) is 29.1 Å². The van der Waals surface area contributed by atoms with E-state index >= 15 is 4.39 Å². The Hall–Kier alpha value is -4.02. The van der Waals surface area contributed by atoms with Crippen LogP contribution in [0.3, 0.4) is 0 Å². The molecule has 0 bridgehead atoms. The first-order valence-corrected chi connectivity index (χ1v) is 14.7. The van der Waals surface area contributed by atoms with E-state index in [0.717, 1.165) is 12.8 Å². The summed E-state index contributed by atoms with van der Waals surface area (Å²) in [7, 11) is 1.42. The minimum atomic E-state index is -1.57. The second-order valence-corrected chi connectivity index (χ2v) is 11.1. The summed E-state index contributed by atoms with van der Waals surface area (Å²) in [6.45, 7) is 8.91. The molecule has 44 heavy (non-hydrogen) atoms. The van der Waals surface area contributed by atoms with Crippen molar-refractivity contribution in [2.45, 2.75) is 65.1 Å². The molecular weight excluding hydrogens is 571 g/mol. The van der Waals surface area contributed by atoms with Crippen molar-refractivity contribution in [3.8, 4) is 17.0 Å². The molecular formula is C34H38F3N3O4. The number of rotatable bonds is 7. The number of halogens is 3. The van der Waals surface area contributed by atoms with E-state index in [0.29, 0.717) is 40.8 Å². The number of aryl methyl sites for hydroxylation is 1. The number of benzene rings is 2. The normalized spacial score (nSPS) is 16.7. The first-order chi connectivity index (χ1) is 20.9. The number of fused-ring (bicyclic) bond motifs is 1. The van der Waals surface area contributed by atoms with Crippen molar-refractivity contribution in [1.29, 1.82) is 0 Å². The highest BCUT2D eigenvalue weighted by molar-refractivity contribution is 6.00. The van der Waals surface area contributed by atoms with E-state index in [1.807, 2.05) is 13.8 Å². The maximum absolute atomic E-state index is 15.7. The van der Waals surface area contributed by atoms with E-state index in [9.17, 15) is 18.7 Å². The highest BCUT2D eigenvalue weighted by Crippen LogP contribution is 2.39. The monoisotopic (exact) mass is 609 g/mol. The largest absolute Gasteiger partial charge is 0.494 e. The molecule has 234 valence electrons. The molecule has 1 saturated heterocycles. The van der Waals surface area contributed by atoms with Crippen LogP contribution < -0.4 is 10.1 Å².